The van der Waals surface area contributed by atoms with Crippen LogP contribution in [0.2, 0.25) is 0 Å². The fourth-order valence-electron chi connectivity index (χ4n) is 3.47. The molecule has 0 aliphatic rings. The van der Waals surface area contributed by atoms with E-state index in [0.717, 1.165) is 26.8 Å². The highest BCUT2D eigenvalue weighted by Gasteiger charge is 2.10. The van der Waals surface area contributed by atoms with Gasteiger partial charge in [0.15, 0.2) is 0 Å². The second-order valence-electron chi connectivity index (χ2n) is 7.56. The maximum absolute atomic E-state index is 12.6. The van der Waals surface area contributed by atoms with Gasteiger partial charge in [-0.25, -0.2) is 0 Å². The molecule has 0 spiro atoms. The number of aryl methyl sites for hydroxylation is 2. The molecule has 2 N–H and O–H groups in total. The lowest BCUT2D eigenvalue weighted by atomic mass is 10.0. The van der Waals surface area contributed by atoms with Crippen LogP contribution in [0.3, 0.4) is 0 Å². The predicted octanol–water partition coefficient (Wildman–Crippen LogP) is 5.95. The highest BCUT2D eigenvalue weighted by molar-refractivity contribution is 7.20. The summed E-state index contributed by atoms with van der Waals surface area (Å²) in [6.07, 6.45) is 0.604. The Kier molecular flexibility index (Phi) is 6.52. The van der Waals surface area contributed by atoms with Gasteiger partial charge in [0.1, 0.15) is 11.5 Å². The fraction of sp³-hybridized carbons (Fsp3) is 0.154. The van der Waals surface area contributed by atoms with Crippen molar-refractivity contribution in [3.05, 3.63) is 94.4 Å². The van der Waals surface area contributed by atoms with Crippen molar-refractivity contribution in [2.45, 2.75) is 26.3 Å². The Morgan fingerprint density at radius 2 is 1.78 bits per heavy atom. The van der Waals surface area contributed by atoms with Crippen LogP contribution in [-0.4, -0.2) is 17.0 Å². The molecule has 0 aliphatic heterocycles. The largest absolute Gasteiger partial charge is 0.481 e. The summed E-state index contributed by atoms with van der Waals surface area (Å²) in [7, 11) is 0. The van der Waals surface area contributed by atoms with E-state index in [0.29, 0.717) is 29.3 Å². The monoisotopic (exact) mass is 445 g/mol. The number of hydrogen-bond acceptors (Lipinski definition) is 4. The predicted molar refractivity (Wildman–Crippen MR) is 127 cm³/mol. The van der Waals surface area contributed by atoms with Gasteiger partial charge >= 0.3 is 5.97 Å². The smallest absolute Gasteiger partial charge is 0.303 e. The van der Waals surface area contributed by atoms with Gasteiger partial charge in [-0.1, -0.05) is 36.4 Å². The summed E-state index contributed by atoms with van der Waals surface area (Å²) in [5.74, 6) is 0.468. The van der Waals surface area contributed by atoms with E-state index in [4.69, 9.17) is 9.84 Å². The third-order valence-corrected chi connectivity index (χ3v) is 6.27. The average Bonchev–Trinajstić information content (AvgIpc) is 3.21. The molecule has 0 aliphatic carbocycles. The van der Waals surface area contributed by atoms with Gasteiger partial charge in [-0.2, -0.15) is 0 Å². The van der Waals surface area contributed by atoms with E-state index in [1.54, 1.807) is 0 Å². The summed E-state index contributed by atoms with van der Waals surface area (Å²) in [6, 6.07) is 23.1. The summed E-state index contributed by atoms with van der Waals surface area (Å²) >= 11 is 1.48. The number of hydrogen-bond donors (Lipinski definition) is 2. The van der Waals surface area contributed by atoms with Gasteiger partial charge < -0.3 is 15.2 Å². The minimum Gasteiger partial charge on any atom is -0.481 e. The second-order valence-corrected chi connectivity index (χ2v) is 8.65. The zero-order valence-corrected chi connectivity index (χ0v) is 18.4. The van der Waals surface area contributed by atoms with Crippen LogP contribution in [0.4, 0.5) is 0 Å². The molecule has 4 rings (SSSR count). The highest BCUT2D eigenvalue weighted by Crippen LogP contribution is 2.26. The maximum atomic E-state index is 12.6. The van der Waals surface area contributed by atoms with Gasteiger partial charge in [0.25, 0.3) is 5.91 Å². The van der Waals surface area contributed by atoms with E-state index in [1.165, 1.54) is 11.3 Å². The van der Waals surface area contributed by atoms with Gasteiger partial charge in [0.05, 0.1) is 4.88 Å². The minimum atomic E-state index is -0.805. The average molecular weight is 446 g/mol. The van der Waals surface area contributed by atoms with Crippen molar-refractivity contribution < 1.29 is 19.4 Å². The van der Waals surface area contributed by atoms with Crippen molar-refractivity contribution in [1.82, 2.24) is 5.32 Å². The van der Waals surface area contributed by atoms with Gasteiger partial charge in [-0.05, 0) is 71.8 Å². The topological polar surface area (TPSA) is 75.6 Å². The van der Waals surface area contributed by atoms with Crippen LogP contribution in [-0.2, 0) is 17.8 Å². The number of ether oxygens (including phenoxy) is 1. The van der Waals surface area contributed by atoms with Crippen LogP contribution in [0, 0.1) is 6.92 Å². The van der Waals surface area contributed by atoms with Gasteiger partial charge in [0.2, 0.25) is 0 Å². The molecular formula is C26H23NO4S. The number of rotatable bonds is 8. The van der Waals surface area contributed by atoms with Gasteiger partial charge in [0, 0.05) is 17.7 Å². The number of aliphatic carboxylic acids is 1. The summed E-state index contributed by atoms with van der Waals surface area (Å²) < 4.78 is 7.08. The first kappa shape index (κ1) is 21.6. The zero-order valence-electron chi connectivity index (χ0n) is 17.6. The Labute approximate surface area is 190 Å². The number of carbonyl (C=O) groups excluding carboxylic acids is 1. The first-order chi connectivity index (χ1) is 15.5. The molecule has 0 fully saturated rings. The van der Waals surface area contributed by atoms with E-state index in [9.17, 15) is 9.59 Å². The van der Waals surface area contributed by atoms with Gasteiger partial charge in [-0.3, -0.25) is 9.59 Å². The number of carboxylic acid groups (broad SMARTS) is 1. The minimum absolute atomic E-state index is 0.0925. The Balaban J connectivity index is 1.38. The third kappa shape index (κ3) is 5.34. The first-order valence-electron chi connectivity index (χ1n) is 10.3. The Morgan fingerprint density at radius 3 is 2.56 bits per heavy atom. The molecule has 4 aromatic rings. The van der Waals surface area contributed by atoms with E-state index in [2.05, 4.69) is 5.32 Å². The number of benzene rings is 3. The lowest BCUT2D eigenvalue weighted by Crippen LogP contribution is -2.21. The normalized spacial score (nSPS) is 10.8. The summed E-state index contributed by atoms with van der Waals surface area (Å²) in [5.41, 5.74) is 2.93. The quantitative estimate of drug-likeness (QED) is 0.351. The molecule has 0 saturated carbocycles. The zero-order chi connectivity index (χ0) is 22.5. The van der Waals surface area contributed by atoms with Crippen molar-refractivity contribution >= 4 is 33.3 Å². The van der Waals surface area contributed by atoms with Crippen LogP contribution >= 0.6 is 11.3 Å². The maximum Gasteiger partial charge on any atom is 0.303 e. The molecule has 0 bridgehead atoms. The summed E-state index contributed by atoms with van der Waals surface area (Å²) in [4.78, 5) is 24.0. The number of amides is 1. The second kappa shape index (κ2) is 9.66. The van der Waals surface area contributed by atoms with Crippen molar-refractivity contribution in [3.63, 3.8) is 0 Å². The lowest BCUT2D eigenvalue weighted by molar-refractivity contribution is -0.136. The number of fused-ring (bicyclic) bond motifs is 1. The van der Waals surface area contributed by atoms with Gasteiger partial charge in [-0.15, -0.1) is 11.3 Å². The van der Waals surface area contributed by atoms with Crippen molar-refractivity contribution in [2.24, 2.45) is 0 Å². The highest BCUT2D eigenvalue weighted by atomic mass is 32.1. The fourth-order valence-corrected chi connectivity index (χ4v) is 4.45. The Morgan fingerprint density at radius 1 is 0.969 bits per heavy atom. The number of thiophene rings is 1. The van der Waals surface area contributed by atoms with E-state index in [1.807, 2.05) is 79.7 Å². The molecule has 0 atom stereocenters. The molecule has 0 saturated heterocycles. The molecule has 1 heterocycles. The number of carboxylic acids is 1. The molecule has 0 radical (unpaired) electrons. The molecule has 32 heavy (non-hydrogen) atoms. The molecule has 6 heteroatoms. The van der Waals surface area contributed by atoms with Crippen LogP contribution in [0.1, 0.15) is 32.8 Å². The third-order valence-electron chi connectivity index (χ3n) is 5.16. The number of nitrogens with one attached hydrogen (secondary N) is 1. The SMILES string of the molecule is Cc1cc(Oc2cccc(CNC(=O)c3cc4ccccc4s3)c2)ccc1CCC(=O)O. The Bertz CT molecular complexity index is 1240. The molecule has 5 nitrogen and oxygen atoms in total. The summed E-state index contributed by atoms with van der Waals surface area (Å²) in [5, 5.41) is 12.9. The van der Waals surface area contributed by atoms with Crippen LogP contribution in [0.25, 0.3) is 10.1 Å². The van der Waals surface area contributed by atoms with E-state index < -0.39 is 5.97 Å². The molecule has 1 amide bonds. The van der Waals surface area contributed by atoms with Crippen molar-refractivity contribution in [1.29, 1.82) is 0 Å². The van der Waals surface area contributed by atoms with Crippen LogP contribution < -0.4 is 10.1 Å². The van der Waals surface area contributed by atoms with Crippen LogP contribution in [0.5, 0.6) is 11.5 Å². The Hall–Kier alpha value is -3.64. The standard InChI is InChI=1S/C26H23NO4S/c1-17-13-22(11-9-19(17)10-12-25(28)29)31-21-7-4-5-18(14-21)16-27-26(30)24-15-20-6-2-3-8-23(20)32-24/h2-9,11,13-15H,10,12,16H2,1H3,(H,27,30)(H,28,29). The van der Waals surface area contributed by atoms with Crippen LogP contribution in [0.15, 0.2) is 72.8 Å². The molecule has 3 aromatic carbocycles. The van der Waals surface area contributed by atoms with Crippen molar-refractivity contribution in [3.8, 4) is 11.5 Å². The molecule has 0 unspecified atom stereocenters. The molecule has 1 aromatic heterocycles. The van der Waals surface area contributed by atoms with E-state index >= 15 is 0 Å². The first-order valence-corrected chi connectivity index (χ1v) is 11.1. The number of carbonyl (C=O) groups is 2. The molecule has 162 valence electrons. The molecular weight excluding hydrogens is 422 g/mol. The summed E-state index contributed by atoms with van der Waals surface area (Å²) in [6.45, 7) is 2.35. The lowest BCUT2D eigenvalue weighted by Gasteiger charge is -2.11. The van der Waals surface area contributed by atoms with E-state index in [-0.39, 0.29) is 12.3 Å². The van der Waals surface area contributed by atoms with Crippen molar-refractivity contribution in [2.75, 3.05) is 0 Å².